The van der Waals surface area contributed by atoms with Crippen molar-refractivity contribution in [1.82, 2.24) is 15.3 Å². The van der Waals surface area contributed by atoms with E-state index >= 15 is 0 Å². The maximum Gasteiger partial charge on any atom is 0.404 e. The number of rotatable bonds is 5. The van der Waals surface area contributed by atoms with Gasteiger partial charge in [-0.3, -0.25) is 4.79 Å². The summed E-state index contributed by atoms with van der Waals surface area (Å²) in [5.41, 5.74) is 0.671. The van der Waals surface area contributed by atoms with E-state index in [1.807, 2.05) is 0 Å². The van der Waals surface area contributed by atoms with Crippen molar-refractivity contribution in [3.63, 3.8) is 0 Å². The molecule has 1 heterocycles. The molecule has 0 fully saturated rings. The second-order valence-corrected chi connectivity index (χ2v) is 5.78. The third-order valence-corrected chi connectivity index (χ3v) is 4.53. The van der Waals surface area contributed by atoms with Crippen LogP contribution in [0.4, 0.5) is 4.79 Å². The molecule has 0 saturated heterocycles. The molecule has 22 heavy (non-hydrogen) atoms. The topological polar surface area (TPSA) is 92.2 Å². The summed E-state index contributed by atoms with van der Waals surface area (Å²) in [6, 6.07) is 3.16. The lowest BCUT2D eigenvalue weighted by Gasteiger charge is -2.13. The molecule has 114 valence electrons. The van der Waals surface area contributed by atoms with Gasteiger partial charge in [0.2, 0.25) is 0 Å². The minimum atomic E-state index is -1.18. The minimum absolute atomic E-state index is 0.0201. The quantitative estimate of drug-likeness (QED) is 0.795. The monoisotopic (exact) mass is 357 g/mol. The number of nitrogens with one attached hydrogen (secondary N) is 1. The summed E-state index contributed by atoms with van der Waals surface area (Å²) < 4.78 is 0. The van der Waals surface area contributed by atoms with Crippen LogP contribution in [0.2, 0.25) is 10.0 Å². The summed E-state index contributed by atoms with van der Waals surface area (Å²) in [6.07, 6.45) is 2.26. The molecule has 0 aliphatic rings. The normalized spacial score (nSPS) is 10.3. The highest BCUT2D eigenvalue weighted by Gasteiger charge is 2.16. The lowest BCUT2D eigenvalue weighted by Crippen LogP contribution is -2.20. The summed E-state index contributed by atoms with van der Waals surface area (Å²) in [5, 5.41) is 12.1. The van der Waals surface area contributed by atoms with E-state index in [1.54, 1.807) is 12.1 Å². The molecule has 0 atom stereocenters. The first-order valence-corrected chi connectivity index (χ1v) is 7.48. The van der Waals surface area contributed by atoms with Crippen LogP contribution >= 0.6 is 35.0 Å². The maximum atomic E-state index is 11.0. The number of nitrogens with zero attached hydrogens (tertiary/aromatic N) is 2. The minimum Gasteiger partial charge on any atom is -0.465 e. The van der Waals surface area contributed by atoms with Crippen LogP contribution in [0, 0.1) is 0 Å². The largest absolute Gasteiger partial charge is 0.465 e. The number of carbonyl (C=O) groups is 2. The highest BCUT2D eigenvalue weighted by atomic mass is 35.5. The molecule has 0 radical (unpaired) electrons. The molecule has 0 saturated carbocycles. The van der Waals surface area contributed by atoms with Crippen LogP contribution < -0.4 is 5.32 Å². The number of halogens is 2. The molecule has 2 N–H and O–H groups in total. The molecule has 2 aromatic rings. The molecule has 6 nitrogen and oxygen atoms in total. The Hall–Kier alpha value is -1.83. The number of carboxylic acid groups (broad SMARTS) is 1. The third-order valence-electron chi connectivity index (χ3n) is 2.57. The second kappa shape index (κ2) is 7.44. The van der Waals surface area contributed by atoms with Crippen molar-refractivity contribution >= 4 is 47.3 Å². The number of aldehydes is 1. The van der Waals surface area contributed by atoms with Gasteiger partial charge in [0, 0.05) is 34.4 Å². The molecular formula is C13H9Cl2N3O3S. The number of benzene rings is 1. The zero-order chi connectivity index (χ0) is 16.1. The molecular weight excluding hydrogens is 349 g/mol. The van der Waals surface area contributed by atoms with Gasteiger partial charge in [0.05, 0.1) is 5.02 Å². The van der Waals surface area contributed by atoms with E-state index in [-0.39, 0.29) is 12.2 Å². The van der Waals surface area contributed by atoms with Crippen molar-refractivity contribution in [2.24, 2.45) is 0 Å². The average molecular weight is 358 g/mol. The Morgan fingerprint density at radius 2 is 1.95 bits per heavy atom. The van der Waals surface area contributed by atoms with E-state index in [2.05, 4.69) is 15.3 Å². The Balaban J connectivity index is 2.42. The highest BCUT2D eigenvalue weighted by molar-refractivity contribution is 7.99. The molecule has 2 rings (SSSR count). The first-order chi connectivity index (χ1) is 10.5. The van der Waals surface area contributed by atoms with E-state index in [1.165, 1.54) is 12.4 Å². The van der Waals surface area contributed by atoms with Gasteiger partial charge in [0.15, 0.2) is 6.29 Å². The Kier molecular flexibility index (Phi) is 5.59. The van der Waals surface area contributed by atoms with Crippen molar-refractivity contribution in [1.29, 1.82) is 0 Å². The van der Waals surface area contributed by atoms with Gasteiger partial charge < -0.3 is 10.4 Å². The van der Waals surface area contributed by atoms with E-state index in [0.29, 0.717) is 31.8 Å². The van der Waals surface area contributed by atoms with Crippen LogP contribution in [0.1, 0.15) is 16.1 Å². The van der Waals surface area contributed by atoms with Gasteiger partial charge in [-0.05, 0) is 12.1 Å². The molecule has 9 heteroatoms. The van der Waals surface area contributed by atoms with Gasteiger partial charge in [-0.15, -0.1) is 0 Å². The summed E-state index contributed by atoms with van der Waals surface area (Å²) in [5.74, 6) is 0. The van der Waals surface area contributed by atoms with Crippen LogP contribution in [0.3, 0.4) is 0 Å². The SMILES string of the molecule is O=Cc1nccnc1Sc1c(Cl)ccc(Cl)c1CNC(=O)O. The summed E-state index contributed by atoms with van der Waals surface area (Å²) >= 11 is 13.4. The van der Waals surface area contributed by atoms with Crippen molar-refractivity contribution in [3.05, 3.63) is 45.8 Å². The smallest absolute Gasteiger partial charge is 0.404 e. The molecule has 0 aliphatic heterocycles. The summed E-state index contributed by atoms with van der Waals surface area (Å²) in [6.45, 7) is -0.0201. The van der Waals surface area contributed by atoms with Gasteiger partial charge in [0.25, 0.3) is 0 Å². The predicted octanol–water partition coefficient (Wildman–Crippen LogP) is 3.51. The summed E-state index contributed by atoms with van der Waals surface area (Å²) in [7, 11) is 0. The predicted molar refractivity (Wildman–Crippen MR) is 82.9 cm³/mol. The van der Waals surface area contributed by atoms with Crippen molar-refractivity contribution < 1.29 is 14.7 Å². The van der Waals surface area contributed by atoms with Crippen LogP contribution in [-0.2, 0) is 6.54 Å². The highest BCUT2D eigenvalue weighted by Crippen LogP contribution is 2.38. The Morgan fingerprint density at radius 1 is 1.27 bits per heavy atom. The van der Waals surface area contributed by atoms with Crippen molar-refractivity contribution in [2.45, 2.75) is 16.5 Å². The average Bonchev–Trinajstić information content (AvgIpc) is 2.50. The number of carbonyl (C=O) groups excluding carboxylic acids is 1. The fourth-order valence-corrected chi connectivity index (χ4v) is 3.16. The van der Waals surface area contributed by atoms with Gasteiger partial charge in [0.1, 0.15) is 10.7 Å². The first kappa shape index (κ1) is 16.5. The number of amides is 1. The third kappa shape index (κ3) is 3.88. The molecule has 0 spiro atoms. The Morgan fingerprint density at radius 3 is 2.64 bits per heavy atom. The lowest BCUT2D eigenvalue weighted by atomic mass is 10.2. The summed E-state index contributed by atoms with van der Waals surface area (Å²) in [4.78, 5) is 30.2. The van der Waals surface area contributed by atoms with Crippen LogP contribution in [0.5, 0.6) is 0 Å². The molecule has 1 aromatic heterocycles. The van der Waals surface area contributed by atoms with E-state index in [4.69, 9.17) is 28.3 Å². The maximum absolute atomic E-state index is 11.0. The number of aromatic nitrogens is 2. The fourth-order valence-electron chi connectivity index (χ4n) is 1.61. The first-order valence-electron chi connectivity index (χ1n) is 5.90. The van der Waals surface area contributed by atoms with E-state index in [9.17, 15) is 9.59 Å². The van der Waals surface area contributed by atoms with Crippen LogP contribution in [-0.4, -0.2) is 27.5 Å². The van der Waals surface area contributed by atoms with Gasteiger partial charge >= 0.3 is 6.09 Å². The van der Waals surface area contributed by atoms with Crippen molar-refractivity contribution in [3.8, 4) is 0 Å². The van der Waals surface area contributed by atoms with Gasteiger partial charge in [-0.25, -0.2) is 14.8 Å². The van der Waals surface area contributed by atoms with Gasteiger partial charge in [-0.1, -0.05) is 35.0 Å². The number of hydrogen-bond acceptors (Lipinski definition) is 5. The Labute approximate surface area is 139 Å². The van der Waals surface area contributed by atoms with Gasteiger partial charge in [-0.2, -0.15) is 0 Å². The standard InChI is InChI=1S/C13H9Cl2N3O3S/c14-8-1-2-9(15)11(7(8)5-18-13(20)21)22-12-10(6-19)16-3-4-17-12/h1-4,6,18H,5H2,(H,20,21). The molecule has 0 bridgehead atoms. The molecule has 1 aromatic carbocycles. The van der Waals surface area contributed by atoms with Crippen LogP contribution in [0.25, 0.3) is 0 Å². The van der Waals surface area contributed by atoms with E-state index in [0.717, 1.165) is 11.8 Å². The zero-order valence-electron chi connectivity index (χ0n) is 10.9. The van der Waals surface area contributed by atoms with Crippen LogP contribution in [0.15, 0.2) is 34.4 Å². The Bertz CT molecular complexity index is 728. The molecule has 0 unspecified atom stereocenters. The number of hydrogen-bond donors (Lipinski definition) is 2. The lowest BCUT2D eigenvalue weighted by molar-refractivity contribution is 0.111. The van der Waals surface area contributed by atoms with E-state index < -0.39 is 6.09 Å². The fraction of sp³-hybridized carbons (Fsp3) is 0.0769. The zero-order valence-corrected chi connectivity index (χ0v) is 13.2. The second-order valence-electron chi connectivity index (χ2n) is 3.96. The molecule has 0 aliphatic carbocycles. The van der Waals surface area contributed by atoms with Crippen molar-refractivity contribution in [2.75, 3.05) is 0 Å². The molecule has 1 amide bonds.